The lowest BCUT2D eigenvalue weighted by Crippen LogP contribution is -2.48. The van der Waals surface area contributed by atoms with E-state index in [9.17, 15) is 9.59 Å². The molecule has 29 heavy (non-hydrogen) atoms. The lowest BCUT2D eigenvalue weighted by molar-refractivity contribution is 0.0316. The molecule has 2 aromatic rings. The van der Waals surface area contributed by atoms with E-state index in [-0.39, 0.29) is 22.6 Å². The number of halogens is 1. The first-order valence-corrected chi connectivity index (χ1v) is 10.7. The number of carbonyl (C=O) groups is 1. The molecule has 0 bridgehead atoms. The molecule has 1 aromatic carbocycles. The number of benzene rings is 1. The van der Waals surface area contributed by atoms with Crippen LogP contribution >= 0.6 is 15.9 Å². The Morgan fingerprint density at radius 3 is 2.45 bits per heavy atom. The molecule has 0 saturated heterocycles. The molecule has 156 valence electrons. The van der Waals surface area contributed by atoms with E-state index in [0.717, 1.165) is 6.42 Å². The van der Waals surface area contributed by atoms with Gasteiger partial charge in [-0.15, -0.1) is 0 Å². The summed E-state index contributed by atoms with van der Waals surface area (Å²) in [6.07, 6.45) is 2.68. The van der Waals surface area contributed by atoms with Crippen LogP contribution in [0.1, 0.15) is 51.4 Å². The van der Waals surface area contributed by atoms with E-state index >= 15 is 0 Å². The van der Waals surface area contributed by atoms with Crippen molar-refractivity contribution in [1.82, 2.24) is 9.78 Å². The monoisotopic (exact) mass is 461 g/mol. The van der Waals surface area contributed by atoms with Gasteiger partial charge < -0.3 is 10.4 Å². The molecule has 0 spiro atoms. The maximum Gasteiger partial charge on any atom is 0.335 e. The van der Waals surface area contributed by atoms with Crippen LogP contribution < -0.4 is 10.9 Å². The first-order chi connectivity index (χ1) is 13.5. The molecule has 0 aliphatic heterocycles. The van der Waals surface area contributed by atoms with Gasteiger partial charge in [-0.2, -0.15) is 9.78 Å². The fraction of sp³-hybridized carbons (Fsp3) is 0.500. The van der Waals surface area contributed by atoms with Crippen LogP contribution in [0.4, 0.5) is 5.69 Å². The number of nitrogens with zero attached hydrogens (tertiary/aromatic N) is 2. The highest BCUT2D eigenvalue weighted by Crippen LogP contribution is 2.48. The lowest BCUT2D eigenvalue weighted by atomic mass is 9.58. The van der Waals surface area contributed by atoms with E-state index in [0.29, 0.717) is 33.6 Å². The van der Waals surface area contributed by atoms with Crippen molar-refractivity contribution >= 4 is 27.6 Å². The number of rotatable bonds is 4. The van der Waals surface area contributed by atoms with Crippen LogP contribution in [0.25, 0.3) is 5.69 Å². The van der Waals surface area contributed by atoms with Crippen molar-refractivity contribution in [3.05, 3.63) is 50.9 Å². The average Bonchev–Trinajstić information content (AvgIpc) is 2.68. The Hall–Kier alpha value is -2.15. The quantitative estimate of drug-likeness (QED) is 0.681. The number of aromatic nitrogens is 2. The van der Waals surface area contributed by atoms with Gasteiger partial charge in [0.25, 0.3) is 5.56 Å². The van der Waals surface area contributed by atoms with Crippen molar-refractivity contribution in [3.8, 4) is 5.69 Å². The van der Waals surface area contributed by atoms with Gasteiger partial charge in [-0.1, -0.05) is 34.6 Å². The Kier molecular flexibility index (Phi) is 5.90. The molecule has 1 aliphatic carbocycles. The Morgan fingerprint density at radius 2 is 1.86 bits per heavy atom. The standard InChI is InChI=1S/C22H28BrN3O3/c1-12-10-17(13(2)14(3)22(12,4)5)25-18-11-24-26(20(27)19(18)23)16-8-6-15(7-9-16)21(28)29/h6-9,11-14,17,25H,10H2,1-5H3,(H,28,29)/t12-,13+,14+,17+/m0/s1. The molecule has 7 heteroatoms. The molecular formula is C22H28BrN3O3. The molecule has 1 saturated carbocycles. The zero-order valence-electron chi connectivity index (χ0n) is 17.4. The van der Waals surface area contributed by atoms with Gasteiger partial charge in [0.2, 0.25) is 0 Å². The summed E-state index contributed by atoms with van der Waals surface area (Å²) < 4.78 is 1.69. The van der Waals surface area contributed by atoms with Crippen LogP contribution in [0.2, 0.25) is 0 Å². The maximum absolute atomic E-state index is 12.9. The molecule has 3 rings (SSSR count). The van der Waals surface area contributed by atoms with Gasteiger partial charge in [-0.25, -0.2) is 4.79 Å². The Balaban J connectivity index is 1.87. The largest absolute Gasteiger partial charge is 0.478 e. The first kappa shape index (κ1) is 21.6. The summed E-state index contributed by atoms with van der Waals surface area (Å²) >= 11 is 3.44. The first-order valence-electron chi connectivity index (χ1n) is 9.92. The van der Waals surface area contributed by atoms with Crippen LogP contribution in [0, 0.1) is 23.2 Å². The van der Waals surface area contributed by atoms with Crippen LogP contribution in [-0.2, 0) is 0 Å². The average molecular weight is 462 g/mol. The highest BCUT2D eigenvalue weighted by molar-refractivity contribution is 9.10. The molecule has 4 atom stereocenters. The van der Waals surface area contributed by atoms with Crippen molar-refractivity contribution in [2.45, 2.75) is 47.1 Å². The molecule has 1 heterocycles. The van der Waals surface area contributed by atoms with Gasteiger partial charge in [0.1, 0.15) is 4.47 Å². The number of hydrogen-bond donors (Lipinski definition) is 2. The normalized spacial score (nSPS) is 26.1. The van der Waals surface area contributed by atoms with Crippen LogP contribution in [0.3, 0.4) is 0 Å². The second-order valence-electron chi connectivity index (χ2n) is 8.80. The molecule has 0 unspecified atom stereocenters. The number of carboxylic acid groups (broad SMARTS) is 1. The van der Waals surface area contributed by atoms with Gasteiger partial charge in [-0.3, -0.25) is 4.79 Å². The third-order valence-electron chi connectivity index (χ3n) is 7.09. The fourth-order valence-electron chi connectivity index (χ4n) is 4.23. The summed E-state index contributed by atoms with van der Waals surface area (Å²) in [6, 6.07) is 6.33. The predicted molar refractivity (Wildman–Crippen MR) is 118 cm³/mol. The zero-order chi connectivity index (χ0) is 21.5. The summed E-state index contributed by atoms with van der Waals surface area (Å²) in [4.78, 5) is 23.9. The molecular weight excluding hydrogens is 434 g/mol. The summed E-state index contributed by atoms with van der Waals surface area (Å²) in [5.41, 5.74) is 1.35. The number of nitrogens with one attached hydrogen (secondary N) is 1. The van der Waals surface area contributed by atoms with Crippen LogP contribution in [0.5, 0.6) is 0 Å². The van der Waals surface area contributed by atoms with Crippen molar-refractivity contribution < 1.29 is 9.90 Å². The van der Waals surface area contributed by atoms with Gasteiger partial charge in [0, 0.05) is 6.04 Å². The second kappa shape index (κ2) is 7.94. The minimum absolute atomic E-state index is 0.164. The molecule has 1 aromatic heterocycles. The van der Waals surface area contributed by atoms with E-state index in [4.69, 9.17) is 5.11 Å². The van der Waals surface area contributed by atoms with Gasteiger partial charge in [0.15, 0.2) is 0 Å². The van der Waals surface area contributed by atoms with E-state index in [1.807, 2.05) is 0 Å². The van der Waals surface area contributed by atoms with Crippen molar-refractivity contribution in [1.29, 1.82) is 0 Å². The van der Waals surface area contributed by atoms with Crippen molar-refractivity contribution in [3.63, 3.8) is 0 Å². The van der Waals surface area contributed by atoms with E-state index in [1.165, 1.54) is 16.8 Å². The molecule has 0 radical (unpaired) electrons. The van der Waals surface area contributed by atoms with Crippen LogP contribution in [0.15, 0.2) is 39.7 Å². The zero-order valence-corrected chi connectivity index (χ0v) is 19.0. The Bertz CT molecular complexity index is 968. The third-order valence-corrected chi connectivity index (χ3v) is 7.86. The SMILES string of the molecule is C[C@@H]1[C@@H](C)C(C)(C)[C@@H](C)C[C@H]1Nc1cnn(-c2ccc(C(=O)O)cc2)c(=O)c1Br. The number of carboxylic acids is 1. The molecule has 1 aliphatic rings. The number of hydrogen-bond acceptors (Lipinski definition) is 4. The van der Waals surface area contributed by atoms with E-state index < -0.39 is 5.97 Å². The predicted octanol–water partition coefficient (Wildman–Crippen LogP) is 4.81. The Labute approximate surface area is 179 Å². The Morgan fingerprint density at radius 1 is 1.24 bits per heavy atom. The minimum atomic E-state index is -1.01. The fourth-order valence-corrected chi connectivity index (χ4v) is 4.61. The molecule has 2 N–H and O–H groups in total. The van der Waals surface area contributed by atoms with Gasteiger partial charge in [-0.05, 0) is 69.8 Å². The summed E-state index contributed by atoms with van der Waals surface area (Å²) in [5.74, 6) is 0.555. The van der Waals surface area contributed by atoms with Crippen LogP contribution in [-0.4, -0.2) is 26.9 Å². The van der Waals surface area contributed by atoms with E-state index in [1.54, 1.807) is 18.3 Å². The van der Waals surface area contributed by atoms with Crippen molar-refractivity contribution in [2.24, 2.45) is 23.2 Å². The summed E-state index contributed by atoms with van der Waals surface area (Å²) in [5, 5.41) is 16.9. The smallest absolute Gasteiger partial charge is 0.335 e. The molecule has 1 fully saturated rings. The lowest BCUT2D eigenvalue weighted by Gasteiger charge is -2.50. The van der Waals surface area contributed by atoms with Crippen molar-refractivity contribution in [2.75, 3.05) is 5.32 Å². The van der Waals surface area contributed by atoms with Gasteiger partial charge in [0.05, 0.1) is 23.1 Å². The number of anilines is 1. The van der Waals surface area contributed by atoms with Gasteiger partial charge >= 0.3 is 5.97 Å². The molecule has 6 nitrogen and oxygen atoms in total. The second-order valence-corrected chi connectivity index (χ2v) is 9.59. The number of aromatic carboxylic acids is 1. The minimum Gasteiger partial charge on any atom is -0.478 e. The highest BCUT2D eigenvalue weighted by Gasteiger charge is 2.43. The third kappa shape index (κ3) is 3.97. The summed E-state index contributed by atoms with van der Waals surface area (Å²) in [7, 11) is 0. The maximum atomic E-state index is 12.9. The van der Waals surface area contributed by atoms with E-state index in [2.05, 4.69) is 61.0 Å². The molecule has 0 amide bonds. The highest BCUT2D eigenvalue weighted by atomic mass is 79.9. The topological polar surface area (TPSA) is 84.2 Å². The summed E-state index contributed by atoms with van der Waals surface area (Å²) in [6.45, 7) is 11.5.